The van der Waals surface area contributed by atoms with Gasteiger partial charge in [-0.2, -0.15) is 0 Å². The molecule has 0 spiro atoms. The van der Waals surface area contributed by atoms with Gasteiger partial charge in [-0.25, -0.2) is 4.98 Å². The Morgan fingerprint density at radius 3 is 3.17 bits per heavy atom. The first kappa shape index (κ1) is 7.43. The number of hydrogen-bond donors (Lipinski definition) is 1. The molecule has 12 heavy (non-hydrogen) atoms. The Balaban J connectivity index is 2.50. The molecule has 0 radical (unpaired) electrons. The summed E-state index contributed by atoms with van der Waals surface area (Å²) >= 11 is 0. The summed E-state index contributed by atoms with van der Waals surface area (Å²) in [5, 5.41) is 9.42. The zero-order valence-corrected chi connectivity index (χ0v) is 6.53. The van der Waals surface area contributed by atoms with Crippen molar-refractivity contribution in [1.29, 1.82) is 0 Å². The van der Waals surface area contributed by atoms with E-state index >= 15 is 0 Å². The van der Waals surface area contributed by atoms with Gasteiger partial charge in [0.2, 0.25) is 0 Å². The van der Waals surface area contributed by atoms with Crippen LogP contribution in [0.25, 0.3) is 0 Å². The van der Waals surface area contributed by atoms with Crippen molar-refractivity contribution >= 4 is 6.29 Å². The van der Waals surface area contributed by atoms with Crippen LogP contribution in [0.1, 0.15) is 34.3 Å². The van der Waals surface area contributed by atoms with Gasteiger partial charge in [0.05, 0.1) is 11.8 Å². The minimum absolute atomic E-state index is 0.398. The van der Waals surface area contributed by atoms with Crippen LogP contribution in [-0.4, -0.2) is 16.4 Å². The van der Waals surface area contributed by atoms with E-state index in [9.17, 15) is 9.90 Å². The monoisotopic (exact) mass is 163 g/mol. The summed E-state index contributed by atoms with van der Waals surface area (Å²) in [4.78, 5) is 14.4. The van der Waals surface area contributed by atoms with Crippen LogP contribution in [-0.2, 0) is 6.42 Å². The smallest absolute Gasteiger partial charge is 0.168 e. The second-order valence-electron chi connectivity index (χ2n) is 2.95. The predicted molar refractivity (Wildman–Crippen MR) is 42.9 cm³/mol. The number of aryl methyl sites for hydroxylation is 1. The van der Waals surface area contributed by atoms with Gasteiger partial charge in [0.25, 0.3) is 0 Å². The normalized spacial score (nSPS) is 20.6. The summed E-state index contributed by atoms with van der Waals surface area (Å²) in [7, 11) is 0. The molecule has 0 fully saturated rings. The van der Waals surface area contributed by atoms with E-state index in [1.54, 1.807) is 6.07 Å². The molecule has 1 aliphatic carbocycles. The molecule has 1 unspecified atom stereocenters. The van der Waals surface area contributed by atoms with E-state index in [4.69, 9.17) is 0 Å². The first-order valence-corrected chi connectivity index (χ1v) is 3.94. The molecule has 0 saturated carbocycles. The van der Waals surface area contributed by atoms with Crippen LogP contribution in [0.2, 0.25) is 0 Å². The molecule has 0 aromatic carbocycles. The Kier molecular flexibility index (Phi) is 1.66. The highest BCUT2D eigenvalue weighted by Crippen LogP contribution is 2.28. The molecule has 0 saturated heterocycles. The number of aldehydes is 1. The lowest BCUT2D eigenvalue weighted by Crippen LogP contribution is -1.97. The van der Waals surface area contributed by atoms with E-state index in [1.165, 1.54) is 0 Å². The van der Waals surface area contributed by atoms with Crippen LogP contribution in [0.4, 0.5) is 0 Å². The molecule has 3 nitrogen and oxygen atoms in total. The molecule has 1 aromatic heterocycles. The predicted octanol–water partition coefficient (Wildman–Crippen LogP) is 0.874. The molecular weight excluding hydrogens is 154 g/mol. The van der Waals surface area contributed by atoms with Gasteiger partial charge in [0, 0.05) is 0 Å². The number of rotatable bonds is 1. The Morgan fingerprint density at radius 1 is 1.58 bits per heavy atom. The van der Waals surface area contributed by atoms with Crippen LogP contribution >= 0.6 is 0 Å². The molecule has 1 heterocycles. The second-order valence-corrected chi connectivity index (χ2v) is 2.95. The molecule has 0 aliphatic heterocycles. The highest BCUT2D eigenvalue weighted by Gasteiger charge is 2.21. The summed E-state index contributed by atoms with van der Waals surface area (Å²) in [5.74, 6) is 0. The number of carbonyl (C=O) groups is 1. The molecule has 0 amide bonds. The van der Waals surface area contributed by atoms with Crippen LogP contribution in [0, 0.1) is 0 Å². The van der Waals surface area contributed by atoms with E-state index in [0.29, 0.717) is 17.7 Å². The zero-order valence-electron chi connectivity index (χ0n) is 6.53. The third-order valence-corrected chi connectivity index (χ3v) is 2.16. The van der Waals surface area contributed by atoms with Gasteiger partial charge in [0.1, 0.15) is 5.69 Å². The minimum Gasteiger partial charge on any atom is -0.387 e. The molecule has 0 bridgehead atoms. The number of fused-ring (bicyclic) bond motifs is 1. The number of nitrogens with zero attached hydrogens (tertiary/aromatic N) is 1. The molecule has 1 atom stereocenters. The van der Waals surface area contributed by atoms with E-state index in [-0.39, 0.29) is 0 Å². The van der Waals surface area contributed by atoms with Gasteiger partial charge >= 0.3 is 0 Å². The number of aromatic nitrogens is 1. The van der Waals surface area contributed by atoms with Crippen molar-refractivity contribution in [2.24, 2.45) is 0 Å². The Morgan fingerprint density at radius 2 is 2.42 bits per heavy atom. The van der Waals surface area contributed by atoms with Crippen molar-refractivity contribution in [2.75, 3.05) is 0 Å². The Bertz CT molecular complexity index is 322. The number of aliphatic hydroxyl groups is 1. The lowest BCUT2D eigenvalue weighted by molar-refractivity contribution is 0.111. The molecule has 1 aliphatic rings. The van der Waals surface area contributed by atoms with Gasteiger partial charge in [0.15, 0.2) is 6.29 Å². The van der Waals surface area contributed by atoms with Crippen molar-refractivity contribution in [3.05, 3.63) is 29.1 Å². The summed E-state index contributed by atoms with van der Waals surface area (Å²) in [6.45, 7) is 0. The van der Waals surface area contributed by atoms with Gasteiger partial charge in [-0.3, -0.25) is 4.79 Å². The van der Waals surface area contributed by atoms with Crippen molar-refractivity contribution in [1.82, 2.24) is 4.98 Å². The molecular formula is C9H9NO2. The number of carbonyl (C=O) groups excluding carboxylic acids is 1. The first-order chi connectivity index (χ1) is 5.81. The Hall–Kier alpha value is -1.22. The van der Waals surface area contributed by atoms with Gasteiger partial charge in [-0.15, -0.1) is 0 Å². The third-order valence-electron chi connectivity index (χ3n) is 2.16. The average molecular weight is 163 g/mol. The fourth-order valence-electron chi connectivity index (χ4n) is 1.51. The van der Waals surface area contributed by atoms with E-state index in [1.807, 2.05) is 6.07 Å². The van der Waals surface area contributed by atoms with Gasteiger partial charge in [-0.1, -0.05) is 6.07 Å². The number of hydrogen-bond acceptors (Lipinski definition) is 3. The molecule has 62 valence electrons. The van der Waals surface area contributed by atoms with E-state index in [0.717, 1.165) is 18.4 Å². The highest BCUT2D eigenvalue weighted by atomic mass is 16.3. The third kappa shape index (κ3) is 1.02. The highest BCUT2D eigenvalue weighted by molar-refractivity contribution is 5.71. The van der Waals surface area contributed by atoms with Crippen LogP contribution < -0.4 is 0 Å². The summed E-state index contributed by atoms with van der Waals surface area (Å²) < 4.78 is 0. The van der Waals surface area contributed by atoms with Crippen LogP contribution in [0.15, 0.2) is 12.1 Å². The van der Waals surface area contributed by atoms with E-state index in [2.05, 4.69) is 4.98 Å². The van der Waals surface area contributed by atoms with Gasteiger partial charge < -0.3 is 5.11 Å². The molecule has 3 heteroatoms. The average Bonchev–Trinajstić information content (AvgIpc) is 2.47. The summed E-state index contributed by atoms with van der Waals surface area (Å²) in [6.07, 6.45) is 1.82. The zero-order chi connectivity index (χ0) is 8.55. The number of pyridine rings is 1. The van der Waals surface area contributed by atoms with Gasteiger partial charge in [-0.05, 0) is 24.5 Å². The molecule has 1 aromatic rings. The maximum Gasteiger partial charge on any atom is 0.168 e. The van der Waals surface area contributed by atoms with Crippen molar-refractivity contribution in [3.63, 3.8) is 0 Å². The standard InChI is InChI=1S/C9H9NO2/c11-5-7-3-1-6-2-4-8(12)9(6)10-7/h1,3,5,8,12H,2,4H2. The second kappa shape index (κ2) is 2.68. The van der Waals surface area contributed by atoms with Crippen LogP contribution in [0.3, 0.4) is 0 Å². The summed E-state index contributed by atoms with van der Waals surface area (Å²) in [5.41, 5.74) is 2.14. The fourth-order valence-corrected chi connectivity index (χ4v) is 1.51. The molecule has 1 N–H and O–H groups in total. The maximum atomic E-state index is 10.4. The number of aliphatic hydroxyl groups excluding tert-OH is 1. The van der Waals surface area contributed by atoms with Crippen molar-refractivity contribution in [3.8, 4) is 0 Å². The quantitative estimate of drug-likeness (QED) is 0.625. The first-order valence-electron chi connectivity index (χ1n) is 3.94. The van der Waals surface area contributed by atoms with Crippen LogP contribution in [0.5, 0.6) is 0 Å². The van der Waals surface area contributed by atoms with Crippen molar-refractivity contribution < 1.29 is 9.90 Å². The topological polar surface area (TPSA) is 50.2 Å². The Labute approximate surface area is 70.1 Å². The maximum absolute atomic E-state index is 10.4. The van der Waals surface area contributed by atoms with Crippen molar-refractivity contribution in [2.45, 2.75) is 18.9 Å². The molecule has 2 rings (SSSR count). The summed E-state index contributed by atoms with van der Waals surface area (Å²) in [6, 6.07) is 3.55. The SMILES string of the molecule is O=Cc1ccc2c(n1)C(O)CC2. The van der Waals surface area contributed by atoms with E-state index < -0.39 is 6.10 Å². The lowest BCUT2D eigenvalue weighted by Gasteiger charge is -2.01. The minimum atomic E-state index is -0.472. The lowest BCUT2D eigenvalue weighted by atomic mass is 10.2. The largest absolute Gasteiger partial charge is 0.387 e. The fraction of sp³-hybridized carbons (Fsp3) is 0.333.